The van der Waals surface area contributed by atoms with Crippen molar-refractivity contribution in [3.63, 3.8) is 0 Å². The molecule has 0 aromatic carbocycles. The summed E-state index contributed by atoms with van der Waals surface area (Å²) >= 11 is 11.7. The van der Waals surface area contributed by atoms with Crippen molar-refractivity contribution < 1.29 is 0 Å². The van der Waals surface area contributed by atoms with Crippen molar-refractivity contribution in [3.8, 4) is 0 Å². The molecule has 5 heteroatoms. The van der Waals surface area contributed by atoms with Gasteiger partial charge in [-0.25, -0.2) is 9.97 Å². The van der Waals surface area contributed by atoms with Gasteiger partial charge in [0, 0.05) is 13.2 Å². The van der Waals surface area contributed by atoms with Gasteiger partial charge in [0.1, 0.15) is 17.1 Å². The Morgan fingerprint density at radius 2 is 2.08 bits per heavy atom. The van der Waals surface area contributed by atoms with Gasteiger partial charge in [0.2, 0.25) is 0 Å². The summed E-state index contributed by atoms with van der Waals surface area (Å²) < 4.78 is 1.81. The van der Waals surface area contributed by atoms with Crippen LogP contribution in [0.3, 0.4) is 0 Å². The van der Waals surface area contributed by atoms with Crippen molar-refractivity contribution >= 4 is 34.2 Å². The Morgan fingerprint density at radius 1 is 1.33 bits per heavy atom. The number of aromatic nitrogens is 3. The zero-order valence-electron chi connectivity index (χ0n) is 6.25. The molecule has 0 aliphatic heterocycles. The minimum atomic E-state index is 0.394. The normalized spacial score (nSPS) is 10.9. The molecule has 3 nitrogen and oxygen atoms in total. The van der Waals surface area contributed by atoms with Crippen LogP contribution in [0.4, 0.5) is 0 Å². The zero-order valence-corrected chi connectivity index (χ0v) is 7.76. The highest BCUT2D eigenvalue weighted by molar-refractivity contribution is 6.41. The number of fused-ring (bicyclic) bond motifs is 1. The second-order valence-electron chi connectivity index (χ2n) is 2.45. The predicted octanol–water partition coefficient (Wildman–Crippen LogP) is 2.28. The maximum atomic E-state index is 5.90. The molecule has 0 radical (unpaired) electrons. The van der Waals surface area contributed by atoms with Crippen LogP contribution in [0.5, 0.6) is 0 Å². The summed E-state index contributed by atoms with van der Waals surface area (Å²) in [5.74, 6) is 0. The fourth-order valence-corrected chi connectivity index (χ4v) is 1.72. The van der Waals surface area contributed by atoms with E-state index in [1.54, 1.807) is 6.20 Å². The molecule has 0 atom stereocenters. The molecular formula is C7H5Cl2N3. The van der Waals surface area contributed by atoms with E-state index in [1.807, 2.05) is 11.6 Å². The van der Waals surface area contributed by atoms with Crippen molar-refractivity contribution in [2.24, 2.45) is 7.05 Å². The van der Waals surface area contributed by atoms with Crippen LogP contribution >= 0.6 is 23.2 Å². The molecule has 62 valence electrons. The van der Waals surface area contributed by atoms with E-state index < -0.39 is 0 Å². The molecule has 2 aromatic heterocycles. The van der Waals surface area contributed by atoms with Crippen LogP contribution in [0, 0.1) is 0 Å². The highest BCUT2D eigenvalue weighted by Crippen LogP contribution is 2.27. The average molecular weight is 202 g/mol. The SMILES string of the molecule is Cn1cc(Cl)c2c(Cl)ncnc21. The van der Waals surface area contributed by atoms with Crippen LogP contribution in [-0.4, -0.2) is 14.5 Å². The summed E-state index contributed by atoms with van der Waals surface area (Å²) in [6.45, 7) is 0. The van der Waals surface area contributed by atoms with Crippen LogP contribution in [0.2, 0.25) is 10.2 Å². The lowest BCUT2D eigenvalue weighted by molar-refractivity contribution is 0.944. The Kier molecular flexibility index (Phi) is 1.70. The second-order valence-corrected chi connectivity index (χ2v) is 3.22. The van der Waals surface area contributed by atoms with Crippen molar-refractivity contribution in [2.45, 2.75) is 0 Å². The maximum absolute atomic E-state index is 5.90. The fourth-order valence-electron chi connectivity index (χ4n) is 1.12. The van der Waals surface area contributed by atoms with Crippen LogP contribution in [0.15, 0.2) is 12.5 Å². The van der Waals surface area contributed by atoms with Gasteiger partial charge in [-0.3, -0.25) is 0 Å². The number of aryl methyl sites for hydroxylation is 1. The lowest BCUT2D eigenvalue weighted by Gasteiger charge is -1.93. The molecule has 0 saturated heterocycles. The van der Waals surface area contributed by atoms with Gasteiger partial charge >= 0.3 is 0 Å². The summed E-state index contributed by atoms with van der Waals surface area (Å²) in [5, 5.41) is 1.69. The monoisotopic (exact) mass is 201 g/mol. The molecule has 2 rings (SSSR count). The van der Waals surface area contributed by atoms with Gasteiger partial charge in [0.25, 0.3) is 0 Å². The molecule has 2 heterocycles. The lowest BCUT2D eigenvalue weighted by Crippen LogP contribution is -1.88. The molecule has 0 aliphatic carbocycles. The van der Waals surface area contributed by atoms with Crippen molar-refractivity contribution in [1.29, 1.82) is 0 Å². The largest absolute Gasteiger partial charge is 0.334 e. The molecule has 0 N–H and O–H groups in total. The third-order valence-corrected chi connectivity index (χ3v) is 2.23. The predicted molar refractivity (Wildman–Crippen MR) is 48.5 cm³/mol. The molecule has 12 heavy (non-hydrogen) atoms. The number of nitrogens with zero attached hydrogens (tertiary/aromatic N) is 3. The van der Waals surface area contributed by atoms with Gasteiger partial charge < -0.3 is 4.57 Å². The van der Waals surface area contributed by atoms with Crippen molar-refractivity contribution in [1.82, 2.24) is 14.5 Å². The molecular weight excluding hydrogens is 197 g/mol. The Bertz CT molecular complexity index is 435. The summed E-state index contributed by atoms with van der Waals surface area (Å²) in [6, 6.07) is 0. The van der Waals surface area contributed by atoms with E-state index in [0.717, 1.165) is 5.65 Å². The molecule has 0 aliphatic rings. The van der Waals surface area contributed by atoms with E-state index in [-0.39, 0.29) is 0 Å². The second kappa shape index (κ2) is 2.61. The van der Waals surface area contributed by atoms with Gasteiger partial charge in [-0.15, -0.1) is 0 Å². The summed E-state index contributed by atoms with van der Waals surface area (Å²) in [5.41, 5.74) is 0.750. The van der Waals surface area contributed by atoms with Gasteiger partial charge in [0.05, 0.1) is 10.4 Å². The standard InChI is InChI=1S/C7H5Cl2N3/c1-12-2-4(8)5-6(9)10-3-11-7(5)12/h2-3H,1H3. The maximum Gasteiger partial charge on any atom is 0.146 e. The minimum absolute atomic E-state index is 0.394. The summed E-state index contributed by atoms with van der Waals surface area (Å²) in [6.07, 6.45) is 3.17. The van der Waals surface area contributed by atoms with Crippen LogP contribution in [0.1, 0.15) is 0 Å². The molecule has 0 amide bonds. The van der Waals surface area contributed by atoms with E-state index in [2.05, 4.69) is 9.97 Å². The van der Waals surface area contributed by atoms with Crippen molar-refractivity contribution in [2.75, 3.05) is 0 Å². The molecule has 0 unspecified atom stereocenters. The summed E-state index contributed by atoms with van der Waals surface area (Å²) in [4.78, 5) is 7.88. The highest BCUT2D eigenvalue weighted by atomic mass is 35.5. The van der Waals surface area contributed by atoms with Crippen molar-refractivity contribution in [3.05, 3.63) is 22.7 Å². The first-order valence-electron chi connectivity index (χ1n) is 3.31. The molecule has 2 aromatic rings. The quantitative estimate of drug-likeness (QED) is 0.613. The van der Waals surface area contributed by atoms with Gasteiger partial charge in [-0.05, 0) is 0 Å². The van der Waals surface area contributed by atoms with Gasteiger partial charge in [-0.2, -0.15) is 0 Å². The topological polar surface area (TPSA) is 30.7 Å². The Balaban J connectivity index is 2.99. The highest BCUT2D eigenvalue weighted by Gasteiger charge is 2.09. The molecule has 0 spiro atoms. The van der Waals surface area contributed by atoms with E-state index >= 15 is 0 Å². The first-order valence-corrected chi connectivity index (χ1v) is 4.07. The fraction of sp³-hybridized carbons (Fsp3) is 0.143. The van der Waals surface area contributed by atoms with E-state index in [4.69, 9.17) is 23.2 Å². The zero-order chi connectivity index (χ0) is 8.72. The third-order valence-electron chi connectivity index (χ3n) is 1.66. The average Bonchev–Trinajstić information content (AvgIpc) is 2.29. The van der Waals surface area contributed by atoms with E-state index in [1.165, 1.54) is 6.33 Å². The molecule has 0 saturated carbocycles. The molecule has 0 bridgehead atoms. The Hall–Kier alpha value is -0.800. The number of hydrogen-bond acceptors (Lipinski definition) is 2. The number of hydrogen-bond donors (Lipinski definition) is 0. The number of rotatable bonds is 0. The Morgan fingerprint density at radius 3 is 2.75 bits per heavy atom. The van der Waals surface area contributed by atoms with Crippen LogP contribution in [0.25, 0.3) is 11.0 Å². The lowest BCUT2D eigenvalue weighted by atomic mass is 10.4. The van der Waals surface area contributed by atoms with Gasteiger partial charge in [-0.1, -0.05) is 23.2 Å². The third kappa shape index (κ3) is 0.974. The van der Waals surface area contributed by atoms with E-state index in [9.17, 15) is 0 Å². The van der Waals surface area contributed by atoms with Gasteiger partial charge in [0.15, 0.2) is 0 Å². The van der Waals surface area contributed by atoms with Crippen LogP contribution in [-0.2, 0) is 7.05 Å². The number of halogens is 2. The first kappa shape index (κ1) is 7.83. The minimum Gasteiger partial charge on any atom is -0.334 e. The van der Waals surface area contributed by atoms with Crippen LogP contribution < -0.4 is 0 Å². The van der Waals surface area contributed by atoms with E-state index in [0.29, 0.717) is 15.6 Å². The smallest absolute Gasteiger partial charge is 0.146 e. The first-order chi connectivity index (χ1) is 5.70. The summed E-state index contributed by atoms with van der Waals surface area (Å²) in [7, 11) is 1.86. The molecule has 0 fully saturated rings. The Labute approximate surface area is 78.9 Å².